The first-order valence-corrected chi connectivity index (χ1v) is 6.75. The van der Waals surface area contributed by atoms with Crippen molar-refractivity contribution in [3.05, 3.63) is 0 Å². The molecule has 1 aliphatic carbocycles. The Hall–Kier alpha value is -0.660. The molecule has 2 unspecified atom stereocenters. The third-order valence-electron chi connectivity index (χ3n) is 3.46. The van der Waals surface area contributed by atoms with Crippen LogP contribution < -0.4 is 5.14 Å². The van der Waals surface area contributed by atoms with Gasteiger partial charge >= 0.3 is 5.97 Å². The highest BCUT2D eigenvalue weighted by molar-refractivity contribution is 7.89. The molecular formula is C9H15NO5S. The van der Waals surface area contributed by atoms with Crippen LogP contribution >= 0.6 is 0 Å². The molecule has 1 saturated carbocycles. The molecule has 0 spiro atoms. The number of hydrogen-bond donors (Lipinski definition) is 1. The average Bonchev–Trinajstić information content (AvgIpc) is 2.69. The van der Waals surface area contributed by atoms with Crippen molar-refractivity contribution in [1.82, 2.24) is 0 Å². The van der Waals surface area contributed by atoms with Crippen molar-refractivity contribution < 1.29 is 22.7 Å². The highest BCUT2D eigenvalue weighted by atomic mass is 32.2. The highest BCUT2D eigenvalue weighted by Gasteiger charge is 2.61. The molecule has 7 heteroatoms. The Morgan fingerprint density at radius 2 is 2.19 bits per heavy atom. The molecule has 92 valence electrons. The van der Waals surface area contributed by atoms with E-state index in [1.165, 1.54) is 7.11 Å². The van der Waals surface area contributed by atoms with E-state index in [2.05, 4.69) is 0 Å². The summed E-state index contributed by atoms with van der Waals surface area (Å²) in [7, 11) is -2.26. The summed E-state index contributed by atoms with van der Waals surface area (Å²) in [6, 6.07) is 0. The first kappa shape index (κ1) is 11.8. The number of carbonyl (C=O) groups excluding carboxylic acids is 1. The van der Waals surface area contributed by atoms with E-state index in [4.69, 9.17) is 14.6 Å². The second-order valence-electron chi connectivity index (χ2n) is 4.73. The van der Waals surface area contributed by atoms with E-state index < -0.39 is 21.0 Å². The van der Waals surface area contributed by atoms with Crippen molar-refractivity contribution in [2.45, 2.75) is 24.9 Å². The van der Waals surface area contributed by atoms with E-state index in [0.29, 0.717) is 19.3 Å². The SMILES string of the molecule is COC(=O)C12CCC(CS(N)(=O)=O)(C1)OC2. The molecule has 2 atom stereocenters. The number of nitrogens with two attached hydrogens (primary N) is 1. The first-order valence-electron chi connectivity index (χ1n) is 5.04. The molecular weight excluding hydrogens is 234 g/mol. The number of carbonyl (C=O) groups is 1. The predicted molar refractivity (Wildman–Crippen MR) is 55.0 cm³/mol. The monoisotopic (exact) mass is 249 g/mol. The number of primary sulfonamides is 1. The number of esters is 1. The topological polar surface area (TPSA) is 95.7 Å². The van der Waals surface area contributed by atoms with E-state index in [9.17, 15) is 13.2 Å². The number of sulfonamides is 1. The van der Waals surface area contributed by atoms with Crippen molar-refractivity contribution in [3.8, 4) is 0 Å². The molecule has 1 heterocycles. The van der Waals surface area contributed by atoms with Crippen LogP contribution in [0, 0.1) is 5.41 Å². The summed E-state index contributed by atoms with van der Waals surface area (Å²) >= 11 is 0. The molecule has 1 saturated heterocycles. The molecule has 0 amide bonds. The third kappa shape index (κ3) is 1.83. The number of rotatable bonds is 3. The van der Waals surface area contributed by atoms with Gasteiger partial charge in [0.15, 0.2) is 0 Å². The van der Waals surface area contributed by atoms with Crippen LogP contribution in [0.15, 0.2) is 0 Å². The van der Waals surface area contributed by atoms with Crippen molar-refractivity contribution in [2.75, 3.05) is 19.5 Å². The van der Waals surface area contributed by atoms with Crippen LogP contribution in [0.3, 0.4) is 0 Å². The van der Waals surface area contributed by atoms with Crippen LogP contribution in [0.25, 0.3) is 0 Å². The first-order chi connectivity index (χ1) is 7.31. The Kier molecular flexibility index (Phi) is 2.52. The van der Waals surface area contributed by atoms with Crippen molar-refractivity contribution in [1.29, 1.82) is 0 Å². The Bertz CT molecular complexity index is 408. The van der Waals surface area contributed by atoms with E-state index in [-0.39, 0.29) is 18.3 Å². The fourth-order valence-corrected chi connectivity index (χ4v) is 3.84. The van der Waals surface area contributed by atoms with Crippen LogP contribution in [-0.4, -0.2) is 39.5 Å². The lowest BCUT2D eigenvalue weighted by molar-refractivity contribution is -0.154. The molecule has 2 N–H and O–H groups in total. The fraction of sp³-hybridized carbons (Fsp3) is 0.889. The maximum atomic E-state index is 11.6. The van der Waals surface area contributed by atoms with Gasteiger partial charge in [0.25, 0.3) is 0 Å². The van der Waals surface area contributed by atoms with Gasteiger partial charge in [-0.2, -0.15) is 0 Å². The zero-order chi connectivity index (χ0) is 12.0. The van der Waals surface area contributed by atoms with Gasteiger partial charge in [0.2, 0.25) is 10.0 Å². The van der Waals surface area contributed by atoms with Crippen molar-refractivity contribution in [2.24, 2.45) is 10.6 Å². The minimum atomic E-state index is -3.59. The summed E-state index contributed by atoms with van der Waals surface area (Å²) in [6.07, 6.45) is 1.54. The normalized spacial score (nSPS) is 37.6. The number of ether oxygens (including phenoxy) is 2. The van der Waals surface area contributed by atoms with Gasteiger partial charge in [-0.05, 0) is 19.3 Å². The van der Waals surface area contributed by atoms with E-state index in [0.717, 1.165) is 0 Å². The van der Waals surface area contributed by atoms with Gasteiger partial charge in [-0.1, -0.05) is 0 Å². The maximum Gasteiger partial charge on any atom is 0.314 e. The summed E-state index contributed by atoms with van der Waals surface area (Å²) in [5, 5.41) is 5.02. The number of fused-ring (bicyclic) bond motifs is 2. The molecule has 2 fully saturated rings. The zero-order valence-electron chi connectivity index (χ0n) is 9.06. The van der Waals surface area contributed by atoms with Crippen LogP contribution in [0.5, 0.6) is 0 Å². The Balaban J connectivity index is 2.18. The van der Waals surface area contributed by atoms with Gasteiger partial charge in [-0.15, -0.1) is 0 Å². The van der Waals surface area contributed by atoms with E-state index in [1.54, 1.807) is 0 Å². The fourth-order valence-electron chi connectivity index (χ4n) is 2.78. The third-order valence-corrected chi connectivity index (χ3v) is 4.39. The molecule has 6 nitrogen and oxygen atoms in total. The van der Waals surface area contributed by atoms with Gasteiger partial charge in [-0.25, -0.2) is 13.6 Å². The molecule has 0 radical (unpaired) electrons. The molecule has 0 aromatic carbocycles. The second-order valence-corrected chi connectivity index (χ2v) is 6.34. The van der Waals surface area contributed by atoms with Crippen LogP contribution in [0.4, 0.5) is 0 Å². The highest BCUT2D eigenvalue weighted by Crippen LogP contribution is 2.53. The molecule has 0 aromatic heterocycles. The lowest BCUT2D eigenvalue weighted by Gasteiger charge is -2.26. The van der Waals surface area contributed by atoms with Gasteiger partial charge in [0.1, 0.15) is 0 Å². The quantitative estimate of drug-likeness (QED) is 0.673. The van der Waals surface area contributed by atoms with Gasteiger partial charge in [0, 0.05) is 0 Å². The second kappa shape index (κ2) is 3.41. The zero-order valence-corrected chi connectivity index (χ0v) is 9.88. The summed E-state index contributed by atoms with van der Waals surface area (Å²) < 4.78 is 32.4. The summed E-state index contributed by atoms with van der Waals surface area (Å²) in [4.78, 5) is 11.6. The summed E-state index contributed by atoms with van der Waals surface area (Å²) in [5.74, 6) is -0.542. The van der Waals surface area contributed by atoms with Crippen LogP contribution in [0.1, 0.15) is 19.3 Å². The van der Waals surface area contributed by atoms with Crippen molar-refractivity contribution >= 4 is 16.0 Å². The standard InChI is InChI=1S/C9H15NO5S/c1-14-7(11)8-2-3-9(4-8,15-5-8)6-16(10,12)13/h2-6H2,1H3,(H2,10,12,13). The van der Waals surface area contributed by atoms with Gasteiger partial charge in [-0.3, -0.25) is 4.79 Å². The van der Waals surface area contributed by atoms with Gasteiger partial charge < -0.3 is 9.47 Å². The summed E-state index contributed by atoms with van der Waals surface area (Å²) in [5.41, 5.74) is -1.43. The largest absolute Gasteiger partial charge is 0.469 e. The molecule has 1 aliphatic heterocycles. The minimum Gasteiger partial charge on any atom is -0.469 e. The lowest BCUT2D eigenvalue weighted by Crippen LogP contribution is -2.38. The molecule has 0 aromatic rings. The molecule has 16 heavy (non-hydrogen) atoms. The summed E-state index contributed by atoms with van der Waals surface area (Å²) in [6.45, 7) is 0.231. The predicted octanol–water partition coefficient (Wildman–Crippen LogP) is -0.613. The van der Waals surface area contributed by atoms with Crippen molar-refractivity contribution in [3.63, 3.8) is 0 Å². The molecule has 2 bridgehead atoms. The van der Waals surface area contributed by atoms with Gasteiger partial charge in [0.05, 0.1) is 30.5 Å². The number of hydrogen-bond acceptors (Lipinski definition) is 5. The average molecular weight is 249 g/mol. The molecule has 2 rings (SSSR count). The van der Waals surface area contributed by atoms with Crippen LogP contribution in [-0.2, 0) is 24.3 Å². The Morgan fingerprint density at radius 3 is 2.62 bits per heavy atom. The maximum absolute atomic E-state index is 11.6. The Morgan fingerprint density at radius 1 is 1.50 bits per heavy atom. The smallest absolute Gasteiger partial charge is 0.314 e. The minimum absolute atomic E-state index is 0.223. The van der Waals surface area contributed by atoms with E-state index in [1.807, 2.05) is 0 Å². The number of methoxy groups -OCH3 is 1. The lowest BCUT2D eigenvalue weighted by atomic mass is 9.88. The van der Waals surface area contributed by atoms with Crippen LogP contribution in [0.2, 0.25) is 0 Å². The molecule has 2 aliphatic rings. The van der Waals surface area contributed by atoms with E-state index >= 15 is 0 Å². The Labute approximate surface area is 94.1 Å².